The molecule has 0 aliphatic carbocycles. The van der Waals surface area contributed by atoms with E-state index in [-0.39, 0.29) is 11.3 Å². The minimum Gasteiger partial charge on any atom is -0.478 e. The van der Waals surface area contributed by atoms with Crippen molar-refractivity contribution in [1.29, 1.82) is 0 Å². The Morgan fingerprint density at radius 1 is 1.15 bits per heavy atom. The summed E-state index contributed by atoms with van der Waals surface area (Å²) in [5.41, 5.74) is 6.85. The summed E-state index contributed by atoms with van der Waals surface area (Å²) in [7, 11) is 0. The number of pyridine rings is 1. The van der Waals surface area contributed by atoms with Gasteiger partial charge in [0.05, 0.1) is 28.8 Å². The number of rotatable bonds is 3. The summed E-state index contributed by atoms with van der Waals surface area (Å²) in [5.74, 6) is -1.12. The summed E-state index contributed by atoms with van der Waals surface area (Å²) in [6, 6.07) is 7.57. The quantitative estimate of drug-likeness (QED) is 0.637. The van der Waals surface area contributed by atoms with Crippen LogP contribution < -0.4 is 16.4 Å². The molecule has 0 saturated carbocycles. The van der Waals surface area contributed by atoms with Crippen molar-refractivity contribution in [3.05, 3.63) is 48.3 Å². The van der Waals surface area contributed by atoms with Crippen LogP contribution in [-0.4, -0.2) is 22.1 Å². The highest BCUT2D eigenvalue weighted by molar-refractivity contribution is 6.02. The van der Waals surface area contributed by atoms with Crippen molar-refractivity contribution in [3.63, 3.8) is 0 Å². The Balaban J connectivity index is 2.07. The summed E-state index contributed by atoms with van der Waals surface area (Å²) >= 11 is 0. The van der Waals surface area contributed by atoms with Gasteiger partial charge in [-0.25, -0.2) is 9.59 Å². The van der Waals surface area contributed by atoms with Gasteiger partial charge >= 0.3 is 12.0 Å². The van der Waals surface area contributed by atoms with Gasteiger partial charge in [0.15, 0.2) is 0 Å². The molecule has 0 bridgehead atoms. The van der Waals surface area contributed by atoms with E-state index in [2.05, 4.69) is 15.6 Å². The number of benzene rings is 1. The lowest BCUT2D eigenvalue weighted by Crippen LogP contribution is -2.20. The van der Waals surface area contributed by atoms with Gasteiger partial charge in [0, 0.05) is 6.20 Å². The van der Waals surface area contributed by atoms with Crippen molar-refractivity contribution in [1.82, 2.24) is 4.98 Å². The number of carbonyl (C=O) groups excluding carboxylic acids is 1. The van der Waals surface area contributed by atoms with E-state index in [1.165, 1.54) is 18.5 Å². The Kier molecular flexibility index (Phi) is 3.80. The van der Waals surface area contributed by atoms with Crippen molar-refractivity contribution in [2.45, 2.75) is 0 Å². The number of anilines is 3. The maximum absolute atomic E-state index is 11.8. The predicted octanol–water partition coefficient (Wildman–Crippen LogP) is 2.01. The molecule has 102 valence electrons. The standard InChI is InChI=1S/C13H12N4O3/c14-10-3-1-2-4-11(10)17-13(20)16-9-5-8(12(18)19)6-15-7-9/h1-7H,14H2,(H,18,19)(H2,16,17,20). The van der Waals surface area contributed by atoms with E-state index in [0.29, 0.717) is 11.4 Å². The van der Waals surface area contributed by atoms with E-state index in [4.69, 9.17) is 10.8 Å². The zero-order chi connectivity index (χ0) is 14.5. The molecule has 0 aliphatic heterocycles. The lowest BCUT2D eigenvalue weighted by atomic mass is 10.2. The number of nitrogen functional groups attached to an aromatic ring is 1. The number of amides is 2. The van der Waals surface area contributed by atoms with Crippen LogP contribution in [0.4, 0.5) is 21.9 Å². The van der Waals surface area contributed by atoms with Gasteiger partial charge < -0.3 is 21.5 Å². The third-order valence-electron chi connectivity index (χ3n) is 2.45. The van der Waals surface area contributed by atoms with Gasteiger partial charge in [0.1, 0.15) is 0 Å². The lowest BCUT2D eigenvalue weighted by Gasteiger charge is -2.09. The molecule has 7 nitrogen and oxygen atoms in total. The minimum atomic E-state index is -1.12. The Bertz CT molecular complexity index is 658. The zero-order valence-electron chi connectivity index (χ0n) is 10.3. The van der Waals surface area contributed by atoms with Gasteiger partial charge in [-0.3, -0.25) is 4.98 Å². The van der Waals surface area contributed by atoms with Crippen molar-refractivity contribution in [2.24, 2.45) is 0 Å². The maximum Gasteiger partial charge on any atom is 0.337 e. The van der Waals surface area contributed by atoms with Crippen molar-refractivity contribution in [2.75, 3.05) is 16.4 Å². The van der Waals surface area contributed by atoms with Gasteiger partial charge in [0.2, 0.25) is 0 Å². The van der Waals surface area contributed by atoms with Gasteiger partial charge in [0.25, 0.3) is 0 Å². The number of hydrogen-bond donors (Lipinski definition) is 4. The first kappa shape index (κ1) is 13.3. The summed E-state index contributed by atoms with van der Waals surface area (Å²) in [6.07, 6.45) is 2.54. The topological polar surface area (TPSA) is 117 Å². The fourth-order valence-electron chi connectivity index (χ4n) is 1.52. The summed E-state index contributed by atoms with van der Waals surface area (Å²) in [6.45, 7) is 0. The molecule has 0 unspecified atom stereocenters. The number of urea groups is 1. The normalized spacial score (nSPS) is 9.80. The molecule has 0 saturated heterocycles. The van der Waals surface area contributed by atoms with Crippen LogP contribution in [0.15, 0.2) is 42.7 Å². The number of nitrogens with zero attached hydrogens (tertiary/aromatic N) is 1. The van der Waals surface area contributed by atoms with Crippen LogP contribution in [0, 0.1) is 0 Å². The van der Waals surface area contributed by atoms with Crippen LogP contribution in [0.5, 0.6) is 0 Å². The molecule has 0 fully saturated rings. The lowest BCUT2D eigenvalue weighted by molar-refractivity contribution is 0.0696. The summed E-state index contributed by atoms with van der Waals surface area (Å²) in [5, 5.41) is 13.9. The van der Waals surface area contributed by atoms with Gasteiger partial charge in [-0.1, -0.05) is 12.1 Å². The van der Waals surface area contributed by atoms with Crippen LogP contribution in [0.25, 0.3) is 0 Å². The third-order valence-corrected chi connectivity index (χ3v) is 2.45. The van der Waals surface area contributed by atoms with E-state index in [0.717, 1.165) is 0 Å². The monoisotopic (exact) mass is 272 g/mol. The van der Waals surface area contributed by atoms with E-state index in [9.17, 15) is 9.59 Å². The second kappa shape index (κ2) is 5.70. The SMILES string of the molecule is Nc1ccccc1NC(=O)Nc1cncc(C(=O)O)c1. The molecule has 0 atom stereocenters. The van der Waals surface area contributed by atoms with Gasteiger partial charge in [-0.15, -0.1) is 0 Å². The number of hydrogen-bond acceptors (Lipinski definition) is 4. The molecule has 0 radical (unpaired) electrons. The first-order chi connectivity index (χ1) is 9.56. The fourth-order valence-corrected chi connectivity index (χ4v) is 1.52. The highest BCUT2D eigenvalue weighted by Gasteiger charge is 2.08. The molecule has 0 aliphatic rings. The Morgan fingerprint density at radius 2 is 1.90 bits per heavy atom. The second-order valence-corrected chi connectivity index (χ2v) is 3.93. The van der Waals surface area contributed by atoms with E-state index >= 15 is 0 Å². The van der Waals surface area contributed by atoms with Crippen LogP contribution in [0.3, 0.4) is 0 Å². The van der Waals surface area contributed by atoms with Gasteiger partial charge in [-0.2, -0.15) is 0 Å². The highest BCUT2D eigenvalue weighted by atomic mass is 16.4. The first-order valence-corrected chi connectivity index (χ1v) is 5.67. The number of para-hydroxylation sites is 2. The van der Waals surface area contributed by atoms with Crippen LogP contribution in [-0.2, 0) is 0 Å². The smallest absolute Gasteiger partial charge is 0.337 e. The Hall–Kier alpha value is -3.09. The molecule has 7 heteroatoms. The van der Waals surface area contributed by atoms with Crippen molar-refractivity contribution >= 4 is 29.1 Å². The molecule has 1 heterocycles. The summed E-state index contributed by atoms with van der Waals surface area (Å²) in [4.78, 5) is 26.3. The van der Waals surface area contributed by atoms with Crippen LogP contribution in [0.1, 0.15) is 10.4 Å². The molecule has 1 aromatic carbocycles. The average Bonchev–Trinajstić information content (AvgIpc) is 2.41. The molecule has 2 amide bonds. The van der Waals surface area contributed by atoms with E-state index < -0.39 is 12.0 Å². The number of carboxylic acids is 1. The van der Waals surface area contributed by atoms with E-state index in [1.807, 2.05) is 0 Å². The van der Waals surface area contributed by atoms with Crippen LogP contribution in [0.2, 0.25) is 0 Å². The van der Waals surface area contributed by atoms with Crippen molar-refractivity contribution in [3.8, 4) is 0 Å². The molecule has 2 rings (SSSR count). The number of aromatic carboxylic acids is 1. The number of aromatic nitrogens is 1. The maximum atomic E-state index is 11.8. The van der Waals surface area contributed by atoms with Crippen molar-refractivity contribution < 1.29 is 14.7 Å². The molecule has 0 spiro atoms. The number of carboxylic acid groups (broad SMARTS) is 1. The molecule has 5 N–H and O–H groups in total. The minimum absolute atomic E-state index is 0.0120. The summed E-state index contributed by atoms with van der Waals surface area (Å²) < 4.78 is 0. The van der Waals surface area contributed by atoms with E-state index in [1.54, 1.807) is 24.3 Å². The first-order valence-electron chi connectivity index (χ1n) is 5.67. The molecule has 1 aromatic heterocycles. The second-order valence-electron chi connectivity index (χ2n) is 3.93. The predicted molar refractivity (Wildman–Crippen MR) is 74.7 cm³/mol. The molecular weight excluding hydrogens is 260 g/mol. The van der Waals surface area contributed by atoms with Gasteiger partial charge in [-0.05, 0) is 18.2 Å². The van der Waals surface area contributed by atoms with Crippen LogP contribution >= 0.6 is 0 Å². The highest BCUT2D eigenvalue weighted by Crippen LogP contribution is 2.17. The molecule has 20 heavy (non-hydrogen) atoms. The largest absolute Gasteiger partial charge is 0.478 e. The number of nitrogens with one attached hydrogen (secondary N) is 2. The zero-order valence-corrected chi connectivity index (χ0v) is 10.3. The Labute approximate surface area is 114 Å². The number of carbonyl (C=O) groups is 2. The third kappa shape index (κ3) is 3.22. The number of nitrogens with two attached hydrogens (primary N) is 1. The molecular formula is C13H12N4O3. The fraction of sp³-hybridized carbons (Fsp3) is 0. The molecule has 2 aromatic rings. The Morgan fingerprint density at radius 3 is 2.60 bits per heavy atom. The average molecular weight is 272 g/mol.